The quantitative estimate of drug-likeness (QED) is 0.321. The van der Waals surface area contributed by atoms with E-state index in [-0.39, 0.29) is 17.2 Å². The molecule has 1 N–H and O–H groups in total. The number of fused-ring (bicyclic) bond motifs is 1. The van der Waals surface area contributed by atoms with Gasteiger partial charge in [0, 0.05) is 48.8 Å². The van der Waals surface area contributed by atoms with Gasteiger partial charge in [-0.1, -0.05) is 12.1 Å². The second-order valence-electron chi connectivity index (χ2n) is 8.19. The van der Waals surface area contributed by atoms with E-state index in [9.17, 15) is 14.9 Å². The Labute approximate surface area is 204 Å². The smallest absolute Gasteiger partial charge is 0.293 e. The van der Waals surface area contributed by atoms with Crippen molar-refractivity contribution < 1.29 is 14.5 Å². The Morgan fingerprint density at radius 3 is 2.71 bits per heavy atom. The maximum Gasteiger partial charge on any atom is 0.293 e. The Morgan fingerprint density at radius 2 is 1.97 bits per heavy atom. The van der Waals surface area contributed by atoms with Gasteiger partial charge in [0.1, 0.15) is 11.4 Å². The second-order valence-corrected chi connectivity index (χ2v) is 9.02. The maximum absolute atomic E-state index is 12.9. The van der Waals surface area contributed by atoms with E-state index in [2.05, 4.69) is 20.3 Å². The molecule has 1 amide bonds. The number of nitro benzene ring substituents is 1. The molecular weight excluding hydrogens is 470 g/mol. The van der Waals surface area contributed by atoms with Crippen LogP contribution in [0.1, 0.15) is 10.4 Å². The summed E-state index contributed by atoms with van der Waals surface area (Å²) in [7, 11) is 3.63. The molecule has 1 aliphatic heterocycles. The van der Waals surface area contributed by atoms with E-state index < -0.39 is 10.8 Å². The zero-order valence-electron chi connectivity index (χ0n) is 19.2. The van der Waals surface area contributed by atoms with Gasteiger partial charge in [0.15, 0.2) is 0 Å². The molecule has 5 rings (SSSR count). The summed E-state index contributed by atoms with van der Waals surface area (Å²) >= 11 is 1.39. The van der Waals surface area contributed by atoms with E-state index in [1.807, 2.05) is 41.6 Å². The molecule has 0 spiro atoms. The molecule has 1 aliphatic rings. The molecule has 0 saturated carbocycles. The Hall–Kier alpha value is -4.03. The van der Waals surface area contributed by atoms with Gasteiger partial charge in [0.25, 0.3) is 17.5 Å². The van der Waals surface area contributed by atoms with E-state index in [0.29, 0.717) is 23.7 Å². The van der Waals surface area contributed by atoms with Crippen LogP contribution in [0.25, 0.3) is 16.2 Å². The number of carbonyl (C=O) groups is 1. The lowest BCUT2D eigenvalue weighted by Crippen LogP contribution is -2.44. The van der Waals surface area contributed by atoms with Crippen LogP contribution in [0.4, 0.5) is 17.3 Å². The highest BCUT2D eigenvalue weighted by atomic mass is 32.1. The zero-order chi connectivity index (χ0) is 24.5. The van der Waals surface area contributed by atoms with Gasteiger partial charge in [-0.15, -0.1) is 16.4 Å². The number of likely N-dealkylation sites (N-methyl/N-ethyl adjacent to an activating group) is 1. The Kier molecular flexibility index (Phi) is 6.05. The fourth-order valence-corrected chi connectivity index (χ4v) is 4.85. The topological polar surface area (TPSA) is 118 Å². The first kappa shape index (κ1) is 22.7. The van der Waals surface area contributed by atoms with E-state index in [1.54, 1.807) is 23.8 Å². The number of amides is 1. The molecule has 0 atom stereocenters. The standard InChI is InChI=1S/C23H23N7O4S/c1-27-8-10-28(11-9-27)18-7-6-16(13-19(18)30(32)33)21(31)24-22-25-23-29(26-22)20(14-35-23)15-4-3-5-17(12-15)34-2/h3-7,12-14H,8-11H2,1-2H3,(H,24,26,31). The number of methoxy groups -OCH3 is 1. The molecule has 3 heterocycles. The van der Waals surface area contributed by atoms with Crippen molar-refractivity contribution in [3.8, 4) is 17.0 Å². The second kappa shape index (κ2) is 9.31. The third kappa shape index (κ3) is 4.53. The largest absolute Gasteiger partial charge is 0.497 e. The molecule has 0 radical (unpaired) electrons. The number of ether oxygens (including phenoxy) is 1. The highest BCUT2D eigenvalue weighted by Crippen LogP contribution is 2.31. The number of thiazole rings is 1. The number of carbonyl (C=O) groups excluding carboxylic acids is 1. The summed E-state index contributed by atoms with van der Waals surface area (Å²) in [5.74, 6) is 0.327. The number of benzene rings is 2. The van der Waals surface area contributed by atoms with Crippen molar-refractivity contribution in [1.29, 1.82) is 0 Å². The molecule has 1 saturated heterocycles. The van der Waals surface area contributed by atoms with Crippen molar-refractivity contribution in [2.75, 3.05) is 50.6 Å². The summed E-state index contributed by atoms with van der Waals surface area (Å²) in [6.07, 6.45) is 0. The third-order valence-corrected chi connectivity index (χ3v) is 6.77. The van der Waals surface area contributed by atoms with Crippen molar-refractivity contribution in [1.82, 2.24) is 19.5 Å². The van der Waals surface area contributed by atoms with Crippen molar-refractivity contribution in [2.24, 2.45) is 0 Å². The number of rotatable bonds is 6. The van der Waals surface area contributed by atoms with Crippen LogP contribution in [0.2, 0.25) is 0 Å². The van der Waals surface area contributed by atoms with Crippen LogP contribution in [-0.4, -0.2) is 70.7 Å². The minimum absolute atomic E-state index is 0.0960. The molecule has 1 fully saturated rings. The van der Waals surface area contributed by atoms with Crippen molar-refractivity contribution in [3.63, 3.8) is 0 Å². The number of hydrogen-bond donors (Lipinski definition) is 1. The monoisotopic (exact) mass is 493 g/mol. The molecule has 180 valence electrons. The van der Waals surface area contributed by atoms with E-state index in [4.69, 9.17) is 4.74 Å². The molecule has 0 unspecified atom stereocenters. The van der Waals surface area contributed by atoms with Gasteiger partial charge in [-0.05, 0) is 31.3 Å². The lowest BCUT2D eigenvalue weighted by atomic mass is 10.1. The van der Waals surface area contributed by atoms with Crippen LogP contribution < -0.4 is 15.0 Å². The minimum atomic E-state index is -0.515. The number of aromatic nitrogens is 3. The van der Waals surface area contributed by atoms with Crippen LogP contribution in [-0.2, 0) is 0 Å². The first-order valence-electron chi connectivity index (χ1n) is 10.9. The average molecular weight is 494 g/mol. The molecular formula is C23H23N7O4S. The van der Waals surface area contributed by atoms with Gasteiger partial charge in [0.05, 0.1) is 17.7 Å². The Balaban J connectivity index is 1.38. The van der Waals surface area contributed by atoms with Gasteiger partial charge >= 0.3 is 0 Å². The number of piperazine rings is 1. The van der Waals surface area contributed by atoms with E-state index in [0.717, 1.165) is 30.1 Å². The van der Waals surface area contributed by atoms with Crippen LogP contribution in [0, 0.1) is 10.1 Å². The van der Waals surface area contributed by atoms with Gasteiger partial charge in [-0.3, -0.25) is 20.2 Å². The summed E-state index contributed by atoms with van der Waals surface area (Å²) < 4.78 is 6.94. The zero-order valence-corrected chi connectivity index (χ0v) is 20.0. The van der Waals surface area contributed by atoms with Gasteiger partial charge < -0.3 is 14.5 Å². The highest BCUT2D eigenvalue weighted by Gasteiger charge is 2.25. The number of nitrogens with zero attached hydrogens (tertiary/aromatic N) is 6. The van der Waals surface area contributed by atoms with E-state index >= 15 is 0 Å². The molecule has 0 aliphatic carbocycles. The Bertz CT molecular complexity index is 1410. The van der Waals surface area contributed by atoms with Crippen molar-refractivity contribution in [2.45, 2.75) is 0 Å². The minimum Gasteiger partial charge on any atom is -0.497 e. The number of hydrogen-bond acceptors (Lipinski definition) is 9. The fourth-order valence-electron chi connectivity index (χ4n) is 4.01. The summed E-state index contributed by atoms with van der Waals surface area (Å²) in [5, 5.41) is 20.8. The Morgan fingerprint density at radius 1 is 1.17 bits per heavy atom. The fraction of sp³-hybridized carbons (Fsp3) is 0.261. The molecule has 2 aromatic heterocycles. The molecule has 4 aromatic rings. The molecule has 12 heteroatoms. The summed E-state index contributed by atoms with van der Waals surface area (Å²) in [5.41, 5.74) is 2.29. The SMILES string of the molecule is COc1cccc(-c2csc3nc(NC(=O)c4ccc(N5CCN(C)CC5)c([N+](=O)[O-])c4)nn23)c1. The van der Waals surface area contributed by atoms with Crippen LogP contribution in [0.5, 0.6) is 5.75 Å². The normalized spacial score (nSPS) is 14.3. The van der Waals surface area contributed by atoms with Gasteiger partial charge in [0.2, 0.25) is 4.96 Å². The number of nitrogens with one attached hydrogen (secondary N) is 1. The van der Waals surface area contributed by atoms with Crippen LogP contribution in [0.3, 0.4) is 0 Å². The predicted octanol–water partition coefficient (Wildman–Crippen LogP) is 3.38. The van der Waals surface area contributed by atoms with E-state index in [1.165, 1.54) is 17.4 Å². The third-order valence-electron chi connectivity index (χ3n) is 5.95. The lowest BCUT2D eigenvalue weighted by Gasteiger charge is -2.33. The number of anilines is 2. The van der Waals surface area contributed by atoms with Crippen LogP contribution >= 0.6 is 11.3 Å². The molecule has 0 bridgehead atoms. The summed E-state index contributed by atoms with van der Waals surface area (Å²) in [6, 6.07) is 12.1. The predicted molar refractivity (Wildman–Crippen MR) is 134 cm³/mol. The van der Waals surface area contributed by atoms with Crippen molar-refractivity contribution >= 4 is 39.5 Å². The number of nitro groups is 1. The van der Waals surface area contributed by atoms with Gasteiger partial charge in [-0.25, -0.2) is 4.52 Å². The lowest BCUT2D eigenvalue weighted by molar-refractivity contribution is -0.384. The van der Waals surface area contributed by atoms with Crippen LogP contribution in [0.15, 0.2) is 47.8 Å². The average Bonchev–Trinajstić information content (AvgIpc) is 3.44. The molecule has 2 aromatic carbocycles. The van der Waals surface area contributed by atoms with Gasteiger partial charge in [-0.2, -0.15) is 4.98 Å². The highest BCUT2D eigenvalue weighted by molar-refractivity contribution is 7.15. The summed E-state index contributed by atoms with van der Waals surface area (Å²) in [4.78, 5) is 33.4. The summed E-state index contributed by atoms with van der Waals surface area (Å²) in [6.45, 7) is 3.02. The maximum atomic E-state index is 12.9. The molecule has 35 heavy (non-hydrogen) atoms. The molecule has 11 nitrogen and oxygen atoms in total. The first-order valence-corrected chi connectivity index (χ1v) is 11.8. The van der Waals surface area contributed by atoms with Crippen molar-refractivity contribution in [3.05, 3.63) is 63.5 Å². The first-order chi connectivity index (χ1) is 16.9.